The first-order chi connectivity index (χ1) is 14.1. The summed E-state index contributed by atoms with van der Waals surface area (Å²) in [7, 11) is 0. The van der Waals surface area contributed by atoms with Crippen LogP contribution in [0.1, 0.15) is 61.3 Å². The van der Waals surface area contributed by atoms with Gasteiger partial charge in [-0.25, -0.2) is 0 Å². The number of benzene rings is 2. The van der Waals surface area contributed by atoms with E-state index in [1.54, 1.807) is 6.07 Å². The average Bonchev–Trinajstić information content (AvgIpc) is 2.70. The summed E-state index contributed by atoms with van der Waals surface area (Å²) < 4.78 is 0. The van der Waals surface area contributed by atoms with Crippen molar-refractivity contribution in [2.24, 2.45) is 28.2 Å². The van der Waals surface area contributed by atoms with Crippen LogP contribution in [0.2, 0.25) is 0 Å². The van der Waals surface area contributed by atoms with Gasteiger partial charge in [-0.2, -0.15) is 0 Å². The molecule has 0 unspecified atom stereocenters. The number of aliphatic hydroxyl groups excluding tert-OH is 1. The van der Waals surface area contributed by atoms with E-state index in [1.165, 1.54) is 38.5 Å². The zero-order valence-corrected chi connectivity index (χ0v) is 17.2. The normalized spacial score (nSPS) is 31.8. The Morgan fingerprint density at radius 3 is 2.21 bits per heavy atom. The van der Waals surface area contributed by atoms with Gasteiger partial charge in [0.05, 0.1) is 18.4 Å². The fourth-order valence-electron chi connectivity index (χ4n) is 6.78. The second kappa shape index (κ2) is 7.28. The van der Waals surface area contributed by atoms with E-state index in [2.05, 4.69) is 13.0 Å². The maximum atomic E-state index is 10.8. The first kappa shape index (κ1) is 18.9. The van der Waals surface area contributed by atoms with E-state index >= 15 is 0 Å². The molecule has 0 amide bonds. The van der Waals surface area contributed by atoms with E-state index in [9.17, 15) is 10.2 Å². The summed E-state index contributed by atoms with van der Waals surface area (Å²) in [4.78, 5) is 5.23. The van der Waals surface area contributed by atoms with Gasteiger partial charge in [0.1, 0.15) is 5.75 Å². The van der Waals surface area contributed by atoms with Crippen molar-refractivity contribution < 1.29 is 10.2 Å². The molecule has 0 spiro atoms. The molecular formula is C26H31NO2. The van der Waals surface area contributed by atoms with Crippen molar-refractivity contribution in [3.63, 3.8) is 0 Å². The summed E-state index contributed by atoms with van der Waals surface area (Å²) in [5.41, 5.74) is 4.13. The largest absolute Gasteiger partial charge is 0.507 e. The molecule has 0 saturated heterocycles. The highest BCUT2D eigenvalue weighted by Crippen LogP contribution is 2.61. The molecule has 0 aliphatic heterocycles. The van der Waals surface area contributed by atoms with Gasteiger partial charge >= 0.3 is 0 Å². The standard InChI is InChI=1S/C26H31NO2/c1-17-7-8-24(29)22(9-17)25(27-23(16-28)21-5-3-2-4-6-21)26-13-18-10-19(14-26)12-20(11-18)15-26/h2-9,18-20,23,28-29H,10-16H2,1H3/t18?,19?,20?,23-,26?/m0/s1. The number of phenolic OH excluding ortho intramolecular Hbond substituents is 1. The molecule has 4 saturated carbocycles. The van der Waals surface area contributed by atoms with E-state index in [4.69, 9.17) is 4.99 Å². The Morgan fingerprint density at radius 2 is 1.62 bits per heavy atom. The van der Waals surface area contributed by atoms with Crippen LogP contribution in [-0.4, -0.2) is 22.5 Å². The van der Waals surface area contributed by atoms with Crippen LogP contribution in [0.25, 0.3) is 0 Å². The first-order valence-corrected chi connectivity index (χ1v) is 11.1. The van der Waals surface area contributed by atoms with Crippen molar-refractivity contribution in [3.05, 3.63) is 65.2 Å². The summed E-state index contributed by atoms with van der Waals surface area (Å²) in [6.45, 7) is 2.05. The molecule has 3 nitrogen and oxygen atoms in total. The zero-order valence-electron chi connectivity index (χ0n) is 17.2. The van der Waals surface area contributed by atoms with Gasteiger partial charge in [0.15, 0.2) is 0 Å². The van der Waals surface area contributed by atoms with Crippen LogP contribution >= 0.6 is 0 Å². The Morgan fingerprint density at radius 1 is 1.00 bits per heavy atom. The minimum atomic E-state index is -0.292. The molecule has 0 radical (unpaired) electrons. The Kier molecular flexibility index (Phi) is 4.74. The highest BCUT2D eigenvalue weighted by Gasteiger charge is 2.53. The van der Waals surface area contributed by atoms with Crippen LogP contribution < -0.4 is 0 Å². The molecule has 2 aromatic carbocycles. The third kappa shape index (κ3) is 3.40. The van der Waals surface area contributed by atoms with Crippen molar-refractivity contribution in [1.82, 2.24) is 0 Å². The first-order valence-electron chi connectivity index (χ1n) is 11.1. The molecular weight excluding hydrogens is 358 g/mol. The lowest BCUT2D eigenvalue weighted by atomic mass is 9.48. The van der Waals surface area contributed by atoms with Crippen LogP contribution in [0.5, 0.6) is 5.75 Å². The molecule has 2 N–H and O–H groups in total. The van der Waals surface area contributed by atoms with Gasteiger partial charge in [-0.3, -0.25) is 4.99 Å². The van der Waals surface area contributed by atoms with E-state index in [0.717, 1.165) is 40.2 Å². The summed E-state index contributed by atoms with van der Waals surface area (Å²) >= 11 is 0. The third-order valence-electron chi connectivity index (χ3n) is 7.59. The van der Waals surface area contributed by atoms with Crippen LogP contribution in [-0.2, 0) is 0 Å². The maximum Gasteiger partial charge on any atom is 0.124 e. The monoisotopic (exact) mass is 389 g/mol. The number of hydrogen-bond acceptors (Lipinski definition) is 3. The predicted octanol–water partition coefficient (Wildman–Crippen LogP) is 5.44. The van der Waals surface area contributed by atoms with Crippen LogP contribution in [0.15, 0.2) is 53.5 Å². The number of nitrogens with zero attached hydrogens (tertiary/aromatic N) is 1. The van der Waals surface area contributed by atoms with Crippen LogP contribution in [0, 0.1) is 30.1 Å². The van der Waals surface area contributed by atoms with Gasteiger partial charge in [0.25, 0.3) is 0 Å². The highest BCUT2D eigenvalue weighted by molar-refractivity contribution is 6.07. The smallest absolute Gasteiger partial charge is 0.124 e. The van der Waals surface area contributed by atoms with E-state index in [-0.39, 0.29) is 18.1 Å². The lowest BCUT2D eigenvalue weighted by Crippen LogP contribution is -2.50. The lowest BCUT2D eigenvalue weighted by Gasteiger charge is -2.57. The molecule has 4 aliphatic rings. The molecule has 29 heavy (non-hydrogen) atoms. The van der Waals surface area contributed by atoms with Gasteiger partial charge < -0.3 is 10.2 Å². The molecule has 0 heterocycles. The van der Waals surface area contributed by atoms with Crippen molar-refractivity contribution in [3.8, 4) is 5.75 Å². The van der Waals surface area contributed by atoms with Crippen molar-refractivity contribution in [2.45, 2.75) is 51.5 Å². The number of phenols is 1. The maximum absolute atomic E-state index is 10.8. The number of aliphatic hydroxyl groups is 1. The summed E-state index contributed by atoms with van der Waals surface area (Å²) in [5, 5.41) is 21.0. The Balaban J connectivity index is 1.65. The minimum absolute atomic E-state index is 0.0214. The molecule has 4 bridgehead atoms. The Bertz CT molecular complexity index is 882. The minimum Gasteiger partial charge on any atom is -0.507 e. The predicted molar refractivity (Wildman–Crippen MR) is 116 cm³/mol. The van der Waals surface area contributed by atoms with Crippen LogP contribution in [0.3, 0.4) is 0 Å². The van der Waals surface area contributed by atoms with Crippen molar-refractivity contribution >= 4 is 5.71 Å². The fraction of sp³-hybridized carbons (Fsp3) is 0.500. The molecule has 6 rings (SSSR count). The number of aryl methyl sites for hydroxylation is 1. The summed E-state index contributed by atoms with van der Waals surface area (Å²) in [6, 6.07) is 15.6. The average molecular weight is 390 g/mol. The number of aromatic hydroxyl groups is 1. The molecule has 2 aromatic rings. The summed E-state index contributed by atoms with van der Waals surface area (Å²) in [5.74, 6) is 2.70. The molecule has 4 aliphatic carbocycles. The number of aliphatic imine (C=N–C) groups is 1. The Labute approximate surface area is 173 Å². The zero-order chi connectivity index (χ0) is 20.0. The quantitative estimate of drug-likeness (QED) is 0.669. The lowest BCUT2D eigenvalue weighted by molar-refractivity contribution is -0.0123. The molecule has 0 aromatic heterocycles. The van der Waals surface area contributed by atoms with E-state index < -0.39 is 0 Å². The molecule has 3 heteroatoms. The van der Waals surface area contributed by atoms with Gasteiger partial charge in [-0.1, -0.05) is 42.0 Å². The highest BCUT2D eigenvalue weighted by atomic mass is 16.3. The third-order valence-corrected chi connectivity index (χ3v) is 7.59. The second-order valence-corrected chi connectivity index (χ2v) is 9.81. The van der Waals surface area contributed by atoms with Gasteiger partial charge in [-0.05, 0) is 80.9 Å². The second-order valence-electron chi connectivity index (χ2n) is 9.81. The van der Waals surface area contributed by atoms with E-state index in [0.29, 0.717) is 5.75 Å². The van der Waals surface area contributed by atoms with Gasteiger partial charge in [0.2, 0.25) is 0 Å². The van der Waals surface area contributed by atoms with E-state index in [1.807, 2.05) is 36.4 Å². The SMILES string of the molecule is Cc1ccc(O)c(C(=N[C@@H](CO)c2ccccc2)C23CC4CC(CC(C4)C2)C3)c1. The van der Waals surface area contributed by atoms with Crippen molar-refractivity contribution in [1.29, 1.82) is 0 Å². The molecule has 1 atom stereocenters. The molecule has 152 valence electrons. The van der Waals surface area contributed by atoms with Gasteiger partial charge in [0, 0.05) is 11.0 Å². The van der Waals surface area contributed by atoms with Crippen molar-refractivity contribution in [2.75, 3.05) is 6.61 Å². The van der Waals surface area contributed by atoms with Crippen LogP contribution in [0.4, 0.5) is 0 Å². The number of rotatable bonds is 5. The Hall–Kier alpha value is -2.13. The fourth-order valence-corrected chi connectivity index (χ4v) is 6.78. The topological polar surface area (TPSA) is 52.8 Å². The van der Waals surface area contributed by atoms with Gasteiger partial charge in [-0.15, -0.1) is 0 Å². The molecule has 4 fully saturated rings. The summed E-state index contributed by atoms with van der Waals surface area (Å²) in [6.07, 6.45) is 7.64. The number of hydrogen-bond donors (Lipinski definition) is 2.